The Morgan fingerprint density at radius 1 is 0.893 bits per heavy atom. The van der Waals surface area contributed by atoms with Crippen LogP contribution in [0.5, 0.6) is 0 Å². The molecule has 0 aliphatic rings. The third-order valence-corrected chi connectivity index (χ3v) is 9.19. The summed E-state index contributed by atoms with van der Waals surface area (Å²) in [4.78, 5) is 24.4. The first-order valence-corrected chi connectivity index (χ1v) is 12.1. The lowest BCUT2D eigenvalue weighted by molar-refractivity contribution is 0.198. The molecule has 162 valence electrons. The zero-order chi connectivity index (χ0) is 21.5. The number of rotatable bonds is 12. The van der Waals surface area contributed by atoms with Crippen LogP contribution < -0.4 is 16.6 Å². The first-order valence-electron chi connectivity index (χ1n) is 8.90. The Labute approximate surface area is 164 Å². The second-order valence-corrected chi connectivity index (χ2v) is 10.2. The Hall–Kier alpha value is -1.22. The number of hydrogen-bond donors (Lipinski definition) is 1. The van der Waals surface area contributed by atoms with Gasteiger partial charge < -0.3 is 28.0 Å². The van der Waals surface area contributed by atoms with Gasteiger partial charge in [-0.2, -0.15) is 0 Å². The lowest BCUT2D eigenvalue weighted by Crippen LogP contribution is -2.39. The number of aryl methyl sites for hydroxylation is 1. The third kappa shape index (κ3) is 5.43. The van der Waals surface area contributed by atoms with Gasteiger partial charge in [0.25, 0.3) is 5.56 Å². The molecule has 1 N–H and O–H groups in total. The fourth-order valence-corrected chi connectivity index (χ4v) is 7.39. The van der Waals surface area contributed by atoms with Crippen LogP contribution in [0.15, 0.2) is 15.8 Å². The van der Waals surface area contributed by atoms with Crippen molar-refractivity contribution in [3.05, 3.63) is 27.0 Å². The van der Waals surface area contributed by atoms with E-state index in [1.54, 1.807) is 27.7 Å². The zero-order valence-electron chi connectivity index (χ0n) is 17.0. The minimum absolute atomic E-state index is 0.000999. The van der Waals surface area contributed by atoms with Gasteiger partial charge in [0, 0.05) is 20.3 Å². The Bertz CT molecular complexity index is 816. The van der Waals surface area contributed by atoms with Crippen LogP contribution in [0.2, 0.25) is 0 Å². The fraction of sp³-hybridized carbons (Fsp3) is 0.733. The van der Waals surface area contributed by atoms with Gasteiger partial charge in [0.2, 0.25) is 5.52 Å². The molecule has 0 saturated heterocycles. The zero-order valence-corrected chi connectivity index (χ0v) is 18.8. The van der Waals surface area contributed by atoms with E-state index in [1.807, 2.05) is 0 Å². The van der Waals surface area contributed by atoms with Gasteiger partial charge in [-0.25, -0.2) is 4.79 Å². The molecule has 1 rings (SSSR count). The van der Waals surface area contributed by atoms with Crippen molar-refractivity contribution in [2.45, 2.75) is 33.2 Å². The van der Waals surface area contributed by atoms with Gasteiger partial charge in [-0.1, -0.05) is 0 Å². The second kappa shape index (κ2) is 10.5. The molecule has 0 fully saturated rings. The van der Waals surface area contributed by atoms with Gasteiger partial charge in [0.1, 0.15) is 5.69 Å². The molecule has 0 aliphatic carbocycles. The summed E-state index contributed by atoms with van der Waals surface area (Å²) in [5.74, 6) is 0. The van der Waals surface area contributed by atoms with Gasteiger partial charge in [0.05, 0.1) is 26.4 Å². The third-order valence-electron chi connectivity index (χ3n) is 3.57. The maximum atomic E-state index is 13.4. The minimum Gasteiger partial charge on any atom is -0.356 e. The van der Waals surface area contributed by atoms with Crippen molar-refractivity contribution in [3.8, 4) is 0 Å². The quantitative estimate of drug-likeness (QED) is 0.486. The summed E-state index contributed by atoms with van der Waals surface area (Å²) in [6, 6.07) is 0. The van der Waals surface area contributed by atoms with Gasteiger partial charge in [-0.15, -0.1) is 0 Å². The summed E-state index contributed by atoms with van der Waals surface area (Å²) in [7, 11) is -5.46. The van der Waals surface area contributed by atoms with E-state index in [0.29, 0.717) is 0 Å². The fourth-order valence-electron chi connectivity index (χ4n) is 2.45. The smallest absolute Gasteiger partial charge is 0.356 e. The molecule has 0 unspecified atom stereocenters. The van der Waals surface area contributed by atoms with Crippen LogP contribution in [-0.4, -0.2) is 41.1 Å². The van der Waals surface area contributed by atoms with E-state index in [2.05, 4.69) is 5.32 Å². The average Bonchev–Trinajstić information content (AvgIpc) is 2.62. The van der Waals surface area contributed by atoms with Crippen molar-refractivity contribution in [1.29, 1.82) is 0 Å². The molecule has 28 heavy (non-hydrogen) atoms. The number of hydrogen-bond acceptors (Lipinski definition) is 9. The van der Waals surface area contributed by atoms with Gasteiger partial charge in [0.15, 0.2) is 0 Å². The van der Waals surface area contributed by atoms with E-state index < -0.39 is 32.0 Å². The summed E-state index contributed by atoms with van der Waals surface area (Å²) in [5, 5.41) is 2.66. The molecular weight excluding hydrogens is 412 g/mol. The summed E-state index contributed by atoms with van der Waals surface area (Å²) in [6.45, 7) is 6.39. The van der Waals surface area contributed by atoms with E-state index in [-0.39, 0.29) is 32.1 Å². The van der Waals surface area contributed by atoms with E-state index in [4.69, 9.17) is 18.1 Å². The Balaban J connectivity index is 3.64. The number of nitrogens with one attached hydrogen (secondary N) is 1. The van der Waals surface area contributed by atoms with Crippen molar-refractivity contribution in [3.63, 3.8) is 0 Å². The molecule has 0 saturated carbocycles. The highest BCUT2D eigenvalue weighted by molar-refractivity contribution is 7.72. The maximum absolute atomic E-state index is 13.4. The van der Waals surface area contributed by atoms with Crippen LogP contribution >= 0.6 is 15.2 Å². The number of aromatic nitrogens is 2. The van der Waals surface area contributed by atoms with Crippen LogP contribution in [0, 0.1) is 0 Å². The summed E-state index contributed by atoms with van der Waals surface area (Å²) < 4.78 is 50.2. The number of anilines is 1. The predicted octanol–water partition coefficient (Wildman–Crippen LogP) is 2.31. The van der Waals surface area contributed by atoms with Crippen LogP contribution in [0.25, 0.3) is 0 Å². The van der Waals surface area contributed by atoms with Gasteiger partial charge in [-0.3, -0.25) is 18.5 Å². The standard InChI is InChI=1S/C15H29N3O8P2/c1-7-23-27(21,24-8-2)14(28(22,25-9-3)26-10-4)16-12-11-17(5)15(20)18(6)13(12)19/h11,14,16H,7-10H2,1-6H3. The maximum Gasteiger partial charge on any atom is 0.365 e. The Morgan fingerprint density at radius 3 is 1.64 bits per heavy atom. The molecule has 0 spiro atoms. The Morgan fingerprint density at radius 2 is 1.29 bits per heavy atom. The second-order valence-electron chi connectivity index (χ2n) is 5.57. The molecule has 13 heteroatoms. The van der Waals surface area contributed by atoms with Crippen molar-refractivity contribution >= 4 is 20.9 Å². The molecule has 0 aromatic carbocycles. The van der Waals surface area contributed by atoms with E-state index in [9.17, 15) is 18.7 Å². The molecule has 0 aliphatic heterocycles. The van der Waals surface area contributed by atoms with Crippen molar-refractivity contribution in [2.24, 2.45) is 14.1 Å². The summed E-state index contributed by atoms with van der Waals surface area (Å²) in [6.07, 6.45) is 1.21. The SMILES string of the molecule is CCOP(=O)(OCC)C(Nc1cn(C)c(=O)n(C)c1=O)P(=O)(OCC)OCC. The molecule has 1 aromatic rings. The summed E-state index contributed by atoms with van der Waals surface area (Å²) >= 11 is 0. The van der Waals surface area contributed by atoms with Crippen LogP contribution in [-0.2, 0) is 41.3 Å². The van der Waals surface area contributed by atoms with Crippen molar-refractivity contribution in [2.75, 3.05) is 31.7 Å². The van der Waals surface area contributed by atoms with E-state index in [0.717, 1.165) is 9.13 Å². The molecule has 0 atom stereocenters. The molecular formula is C15H29N3O8P2. The predicted molar refractivity (Wildman–Crippen MR) is 106 cm³/mol. The van der Waals surface area contributed by atoms with Crippen molar-refractivity contribution in [1.82, 2.24) is 9.13 Å². The van der Waals surface area contributed by atoms with Crippen LogP contribution in [0.3, 0.4) is 0 Å². The van der Waals surface area contributed by atoms with Gasteiger partial charge >= 0.3 is 20.9 Å². The largest absolute Gasteiger partial charge is 0.365 e. The molecule has 0 amide bonds. The topological polar surface area (TPSA) is 127 Å². The van der Waals surface area contributed by atoms with Crippen molar-refractivity contribution < 1.29 is 27.2 Å². The molecule has 11 nitrogen and oxygen atoms in total. The number of nitrogens with zero attached hydrogens (tertiary/aromatic N) is 2. The lowest BCUT2D eigenvalue weighted by atomic mass is 10.5. The lowest BCUT2D eigenvalue weighted by Gasteiger charge is -2.32. The molecule has 1 heterocycles. The Kier molecular flexibility index (Phi) is 9.33. The van der Waals surface area contributed by atoms with E-state index in [1.165, 1.54) is 20.3 Å². The first kappa shape index (κ1) is 24.8. The highest BCUT2D eigenvalue weighted by Gasteiger charge is 2.51. The first-order chi connectivity index (χ1) is 13.1. The monoisotopic (exact) mass is 441 g/mol. The molecule has 0 radical (unpaired) electrons. The normalized spacial score (nSPS) is 12.5. The van der Waals surface area contributed by atoms with Crippen LogP contribution in [0.4, 0.5) is 5.69 Å². The van der Waals surface area contributed by atoms with Gasteiger partial charge in [-0.05, 0) is 27.7 Å². The summed E-state index contributed by atoms with van der Waals surface area (Å²) in [5.41, 5.74) is -2.99. The molecule has 0 bridgehead atoms. The van der Waals surface area contributed by atoms with Crippen LogP contribution in [0.1, 0.15) is 27.7 Å². The minimum atomic E-state index is -4.10. The highest BCUT2D eigenvalue weighted by atomic mass is 31.2. The highest BCUT2D eigenvalue weighted by Crippen LogP contribution is 2.69. The molecule has 1 aromatic heterocycles. The average molecular weight is 441 g/mol. The van der Waals surface area contributed by atoms with E-state index >= 15 is 0 Å².